The first-order valence-electron chi connectivity index (χ1n) is 17.6. The molecule has 2 heteroatoms. The zero-order chi connectivity index (χ0) is 33.5. The fourth-order valence-corrected chi connectivity index (χ4v) is 8.93. The monoisotopic (exact) mass is 649 g/mol. The molecule has 0 atom stereocenters. The average molecular weight is 650 g/mol. The molecule has 2 nitrogen and oxygen atoms in total. The SMILES string of the molecule is c1ccc(-c2cc(-c3ccccc3)cc(-n3c4ccccc4c4cc5c(cc43)C3(c4ccccc4Oc4ccccc43)c3ccccc3-5)c2)cc1. The van der Waals surface area contributed by atoms with Gasteiger partial charge in [0.2, 0.25) is 0 Å². The summed E-state index contributed by atoms with van der Waals surface area (Å²) in [7, 11) is 0. The van der Waals surface area contributed by atoms with Gasteiger partial charge in [-0.3, -0.25) is 0 Å². The van der Waals surface area contributed by atoms with Crippen LogP contribution in [-0.2, 0) is 5.41 Å². The molecule has 2 heterocycles. The fraction of sp³-hybridized carbons (Fsp3) is 0.0204. The normalized spacial score (nSPS) is 13.4. The molecular formula is C49H31NO. The van der Waals surface area contributed by atoms with Crippen molar-refractivity contribution in [1.29, 1.82) is 0 Å². The molecule has 9 aromatic rings. The lowest BCUT2D eigenvalue weighted by atomic mass is 9.66. The Balaban J connectivity index is 1.27. The largest absolute Gasteiger partial charge is 0.457 e. The standard InChI is InChI=1S/C49H31NO/c1-3-15-32(16-4-1)34-27-35(33-17-5-2-6-18-33)29-36(28-34)50-45-24-12-8-20-38(45)40-30-39-37-19-7-9-21-41(37)49(44(39)31-46(40)50)42-22-10-13-25-47(42)51-48-26-14-11-23-43(48)49/h1-31H. The Morgan fingerprint density at radius 3 is 1.57 bits per heavy atom. The number of para-hydroxylation sites is 3. The predicted octanol–water partition coefficient (Wildman–Crippen LogP) is 12.6. The minimum Gasteiger partial charge on any atom is -0.457 e. The number of rotatable bonds is 3. The van der Waals surface area contributed by atoms with Crippen molar-refractivity contribution < 1.29 is 4.74 Å². The minimum absolute atomic E-state index is 0.534. The van der Waals surface area contributed by atoms with Gasteiger partial charge < -0.3 is 9.30 Å². The maximum absolute atomic E-state index is 6.63. The van der Waals surface area contributed by atoms with E-state index in [0.29, 0.717) is 0 Å². The molecule has 8 aromatic carbocycles. The minimum atomic E-state index is -0.534. The van der Waals surface area contributed by atoms with Crippen molar-refractivity contribution in [3.8, 4) is 50.6 Å². The van der Waals surface area contributed by atoms with Gasteiger partial charge in [0, 0.05) is 27.6 Å². The highest BCUT2D eigenvalue weighted by Gasteiger charge is 2.51. The molecule has 1 aromatic heterocycles. The molecule has 51 heavy (non-hydrogen) atoms. The Morgan fingerprint density at radius 1 is 0.353 bits per heavy atom. The van der Waals surface area contributed by atoms with Crippen molar-refractivity contribution in [2.45, 2.75) is 5.41 Å². The molecule has 0 N–H and O–H groups in total. The van der Waals surface area contributed by atoms with Crippen molar-refractivity contribution in [2.24, 2.45) is 0 Å². The van der Waals surface area contributed by atoms with Crippen molar-refractivity contribution in [3.63, 3.8) is 0 Å². The van der Waals surface area contributed by atoms with Gasteiger partial charge in [-0.1, -0.05) is 140 Å². The number of nitrogens with zero attached hydrogens (tertiary/aromatic N) is 1. The van der Waals surface area contributed by atoms with Gasteiger partial charge in [-0.15, -0.1) is 0 Å². The zero-order valence-electron chi connectivity index (χ0n) is 27.8. The first-order chi connectivity index (χ1) is 25.3. The third-order valence-electron chi connectivity index (χ3n) is 11.0. The number of hydrogen-bond acceptors (Lipinski definition) is 1. The number of hydrogen-bond donors (Lipinski definition) is 0. The van der Waals surface area contributed by atoms with Crippen molar-refractivity contribution in [2.75, 3.05) is 0 Å². The molecule has 238 valence electrons. The second-order valence-corrected chi connectivity index (χ2v) is 13.7. The highest BCUT2D eigenvalue weighted by Crippen LogP contribution is 2.62. The fourth-order valence-electron chi connectivity index (χ4n) is 8.93. The van der Waals surface area contributed by atoms with Gasteiger partial charge in [-0.2, -0.15) is 0 Å². The molecule has 0 saturated carbocycles. The van der Waals surface area contributed by atoms with Crippen LogP contribution in [0.25, 0.3) is 60.9 Å². The number of ether oxygens (including phenoxy) is 1. The molecule has 11 rings (SSSR count). The lowest BCUT2D eigenvalue weighted by Gasteiger charge is -2.39. The summed E-state index contributed by atoms with van der Waals surface area (Å²) in [6.07, 6.45) is 0. The van der Waals surface area contributed by atoms with Crippen LogP contribution in [0.3, 0.4) is 0 Å². The lowest BCUT2D eigenvalue weighted by Crippen LogP contribution is -2.32. The molecular weight excluding hydrogens is 619 g/mol. The van der Waals surface area contributed by atoms with Crippen LogP contribution in [0.1, 0.15) is 22.3 Å². The van der Waals surface area contributed by atoms with E-state index < -0.39 is 5.41 Å². The van der Waals surface area contributed by atoms with Crippen molar-refractivity contribution >= 4 is 21.8 Å². The summed E-state index contributed by atoms with van der Waals surface area (Å²) in [6.45, 7) is 0. The first kappa shape index (κ1) is 28.2. The Bertz CT molecular complexity index is 2720. The topological polar surface area (TPSA) is 14.2 Å². The van der Waals surface area contributed by atoms with Crippen LogP contribution < -0.4 is 4.74 Å². The summed E-state index contributed by atoms with van der Waals surface area (Å²) in [5.41, 5.74) is 15.2. The van der Waals surface area contributed by atoms with E-state index in [1.54, 1.807) is 0 Å². The molecule has 1 aliphatic carbocycles. The van der Waals surface area contributed by atoms with Gasteiger partial charge in [0.15, 0.2) is 0 Å². The Morgan fingerprint density at radius 2 is 0.902 bits per heavy atom. The van der Waals surface area contributed by atoms with Crippen LogP contribution in [0, 0.1) is 0 Å². The van der Waals surface area contributed by atoms with Gasteiger partial charge in [-0.05, 0) is 93.0 Å². The Kier molecular flexibility index (Phi) is 5.91. The van der Waals surface area contributed by atoms with E-state index in [1.165, 1.54) is 77.4 Å². The molecule has 1 aliphatic heterocycles. The Labute approximate surface area is 296 Å². The summed E-state index contributed by atoms with van der Waals surface area (Å²) >= 11 is 0. The van der Waals surface area contributed by atoms with Crippen LogP contribution in [0.4, 0.5) is 0 Å². The lowest BCUT2D eigenvalue weighted by molar-refractivity contribution is 0.436. The summed E-state index contributed by atoms with van der Waals surface area (Å²) in [6, 6.07) is 68.4. The van der Waals surface area contributed by atoms with Gasteiger partial charge in [0.1, 0.15) is 11.5 Å². The highest BCUT2D eigenvalue weighted by atomic mass is 16.5. The molecule has 0 radical (unpaired) electrons. The number of fused-ring (bicyclic) bond motifs is 12. The van der Waals surface area contributed by atoms with Crippen LogP contribution in [0.15, 0.2) is 188 Å². The van der Waals surface area contributed by atoms with Crippen LogP contribution in [0.5, 0.6) is 11.5 Å². The van der Waals surface area contributed by atoms with Crippen LogP contribution in [-0.4, -0.2) is 4.57 Å². The van der Waals surface area contributed by atoms with Gasteiger partial charge in [-0.25, -0.2) is 0 Å². The Hall–Kier alpha value is -6.64. The van der Waals surface area contributed by atoms with E-state index in [-0.39, 0.29) is 0 Å². The maximum Gasteiger partial charge on any atom is 0.132 e. The van der Waals surface area contributed by atoms with Gasteiger partial charge in [0.25, 0.3) is 0 Å². The maximum atomic E-state index is 6.63. The molecule has 0 saturated heterocycles. The van der Waals surface area contributed by atoms with Crippen molar-refractivity contribution in [1.82, 2.24) is 4.57 Å². The third kappa shape index (κ3) is 3.93. The van der Waals surface area contributed by atoms with Gasteiger partial charge in [0.05, 0.1) is 16.4 Å². The number of benzene rings is 8. The third-order valence-corrected chi connectivity index (χ3v) is 11.0. The van der Waals surface area contributed by atoms with E-state index in [4.69, 9.17) is 4.74 Å². The average Bonchev–Trinajstić information content (AvgIpc) is 3.68. The predicted molar refractivity (Wildman–Crippen MR) is 209 cm³/mol. The molecule has 0 amide bonds. The molecule has 0 unspecified atom stereocenters. The van der Waals surface area contributed by atoms with Crippen molar-refractivity contribution in [3.05, 3.63) is 210 Å². The summed E-state index contributed by atoms with van der Waals surface area (Å²) in [4.78, 5) is 0. The highest BCUT2D eigenvalue weighted by molar-refractivity contribution is 6.12. The second-order valence-electron chi connectivity index (χ2n) is 13.7. The van der Waals surface area contributed by atoms with Crippen LogP contribution in [0.2, 0.25) is 0 Å². The van der Waals surface area contributed by atoms with E-state index in [2.05, 4.69) is 193 Å². The van der Waals surface area contributed by atoms with E-state index in [9.17, 15) is 0 Å². The molecule has 1 spiro atoms. The molecule has 2 aliphatic rings. The van der Waals surface area contributed by atoms with Gasteiger partial charge >= 0.3 is 0 Å². The van der Waals surface area contributed by atoms with E-state index in [1.807, 2.05) is 0 Å². The molecule has 0 fully saturated rings. The smallest absolute Gasteiger partial charge is 0.132 e. The quantitative estimate of drug-likeness (QED) is 0.186. The second kappa shape index (κ2) is 10.7. The zero-order valence-corrected chi connectivity index (χ0v) is 27.8. The summed E-state index contributed by atoms with van der Waals surface area (Å²) in [5, 5.41) is 2.49. The van der Waals surface area contributed by atoms with Crippen LogP contribution >= 0.6 is 0 Å². The first-order valence-corrected chi connectivity index (χ1v) is 17.6. The van der Waals surface area contributed by atoms with E-state index in [0.717, 1.165) is 17.2 Å². The van der Waals surface area contributed by atoms with E-state index >= 15 is 0 Å². The summed E-state index contributed by atoms with van der Waals surface area (Å²) in [5.74, 6) is 1.81. The molecule has 0 bridgehead atoms. The summed E-state index contributed by atoms with van der Waals surface area (Å²) < 4.78 is 9.11. The number of aromatic nitrogens is 1.